The van der Waals surface area contributed by atoms with Crippen LogP contribution in [0.1, 0.15) is 58.3 Å². The minimum absolute atomic E-state index is 0. The Morgan fingerprint density at radius 3 is 1.79 bits per heavy atom. The van der Waals surface area contributed by atoms with Gasteiger partial charge in [-0.3, -0.25) is 4.79 Å². The van der Waals surface area contributed by atoms with Gasteiger partial charge < -0.3 is 5.11 Å². The molecule has 0 aliphatic heterocycles. The Kier molecular flexibility index (Phi) is 26.9. The molecule has 0 radical (unpaired) electrons. The van der Waals surface area contributed by atoms with Crippen molar-refractivity contribution < 1.29 is 91.6 Å². The van der Waals surface area contributed by atoms with Crippen molar-refractivity contribution in [2.75, 3.05) is 0 Å². The maximum Gasteiger partial charge on any atom is 0.303 e. The van der Waals surface area contributed by atoms with E-state index in [2.05, 4.69) is 6.92 Å². The van der Waals surface area contributed by atoms with Gasteiger partial charge in [0.05, 0.1) is 0 Å². The molecule has 0 aromatic carbocycles. The molecule has 0 atom stereocenters. The minimum atomic E-state index is -0.663. The van der Waals surface area contributed by atoms with Crippen LogP contribution in [-0.2, 0) is 4.79 Å². The standard InChI is InChI=1S/C10H20O2.2Nd/c1-2-3-4-5-6-7-8-9-10(11)12;;/h2-9H2,1H3,(H,11,12);;. The molecule has 0 aromatic rings. The monoisotopic (exact) mass is 456 g/mol. The van der Waals surface area contributed by atoms with E-state index in [1.807, 2.05) is 0 Å². The zero-order valence-corrected chi connectivity index (χ0v) is 15.4. The number of hydrogen-bond acceptors (Lipinski definition) is 1. The first-order valence-electron chi connectivity index (χ1n) is 4.99. The summed E-state index contributed by atoms with van der Waals surface area (Å²) < 4.78 is 0. The first-order chi connectivity index (χ1) is 5.77. The van der Waals surface area contributed by atoms with Gasteiger partial charge >= 0.3 is 5.97 Å². The average Bonchev–Trinajstić information content (AvgIpc) is 2.02. The van der Waals surface area contributed by atoms with Gasteiger partial charge in [-0.1, -0.05) is 45.4 Å². The predicted octanol–water partition coefficient (Wildman–Crippen LogP) is 3.21. The Bertz CT molecular complexity index is 119. The Morgan fingerprint density at radius 1 is 0.929 bits per heavy atom. The molecule has 0 heterocycles. The van der Waals surface area contributed by atoms with Crippen molar-refractivity contribution in [2.45, 2.75) is 58.3 Å². The average molecular weight is 461 g/mol. The molecule has 0 fully saturated rings. The molecular weight excluding hydrogens is 441 g/mol. The van der Waals surface area contributed by atoms with Crippen LogP contribution in [0.2, 0.25) is 0 Å². The molecule has 80 valence electrons. The maximum absolute atomic E-state index is 10.1. The zero-order chi connectivity index (χ0) is 9.23. The van der Waals surface area contributed by atoms with Crippen molar-refractivity contribution >= 4 is 5.97 Å². The van der Waals surface area contributed by atoms with E-state index in [-0.39, 0.29) is 81.7 Å². The number of carbonyl (C=O) groups is 1. The van der Waals surface area contributed by atoms with Crippen molar-refractivity contribution in [1.29, 1.82) is 0 Å². The van der Waals surface area contributed by atoms with Crippen molar-refractivity contribution in [3.05, 3.63) is 0 Å². The molecular formula is C10H20Nd2O2. The maximum atomic E-state index is 10.1. The molecule has 2 nitrogen and oxygen atoms in total. The predicted molar refractivity (Wildman–Crippen MR) is 50.2 cm³/mol. The van der Waals surface area contributed by atoms with Crippen LogP contribution in [-0.4, -0.2) is 11.1 Å². The Labute approximate surface area is 153 Å². The second-order valence-corrected chi connectivity index (χ2v) is 3.27. The normalized spacial score (nSPS) is 8.64. The van der Waals surface area contributed by atoms with E-state index in [4.69, 9.17) is 5.11 Å². The second-order valence-electron chi connectivity index (χ2n) is 3.27. The molecule has 4 heteroatoms. The first kappa shape index (κ1) is 21.5. The van der Waals surface area contributed by atoms with Crippen LogP contribution in [0.15, 0.2) is 0 Å². The molecule has 1 N–H and O–H groups in total. The van der Waals surface area contributed by atoms with E-state index in [0.717, 1.165) is 12.8 Å². The van der Waals surface area contributed by atoms with E-state index in [0.29, 0.717) is 6.42 Å². The third kappa shape index (κ3) is 19.7. The molecule has 0 aromatic heterocycles. The summed E-state index contributed by atoms with van der Waals surface area (Å²) in [5.41, 5.74) is 0. The van der Waals surface area contributed by atoms with Gasteiger partial charge in [-0.2, -0.15) is 0 Å². The number of carboxylic acids is 1. The number of hydrogen-bond donors (Lipinski definition) is 1. The molecule has 0 saturated heterocycles. The number of unbranched alkanes of at least 4 members (excludes halogenated alkanes) is 6. The summed E-state index contributed by atoms with van der Waals surface area (Å²) in [5.74, 6) is -0.663. The fourth-order valence-electron chi connectivity index (χ4n) is 1.23. The molecule has 0 bridgehead atoms. The molecule has 0 aliphatic carbocycles. The van der Waals surface area contributed by atoms with Gasteiger partial charge in [0.25, 0.3) is 0 Å². The van der Waals surface area contributed by atoms with Crippen molar-refractivity contribution in [1.82, 2.24) is 0 Å². The fraction of sp³-hybridized carbons (Fsp3) is 0.900. The van der Waals surface area contributed by atoms with Gasteiger partial charge in [0, 0.05) is 88.1 Å². The third-order valence-corrected chi connectivity index (χ3v) is 1.99. The summed E-state index contributed by atoms with van der Waals surface area (Å²) in [6.45, 7) is 2.20. The van der Waals surface area contributed by atoms with Gasteiger partial charge in [0.15, 0.2) is 0 Å². The van der Waals surface area contributed by atoms with Crippen molar-refractivity contribution in [2.24, 2.45) is 0 Å². The summed E-state index contributed by atoms with van der Waals surface area (Å²) in [6, 6.07) is 0. The van der Waals surface area contributed by atoms with E-state index in [1.54, 1.807) is 0 Å². The van der Waals surface area contributed by atoms with Crippen LogP contribution < -0.4 is 0 Å². The van der Waals surface area contributed by atoms with Crippen LogP contribution in [0, 0.1) is 81.7 Å². The second kappa shape index (κ2) is 17.6. The largest absolute Gasteiger partial charge is 0.481 e. The van der Waals surface area contributed by atoms with Crippen molar-refractivity contribution in [3.63, 3.8) is 0 Å². The first-order valence-corrected chi connectivity index (χ1v) is 4.99. The Morgan fingerprint density at radius 2 is 1.36 bits per heavy atom. The Balaban J connectivity index is -0.000000605. The molecule has 0 saturated carbocycles. The summed E-state index contributed by atoms with van der Waals surface area (Å²) in [4.78, 5) is 10.1. The van der Waals surface area contributed by atoms with Crippen LogP contribution in [0.5, 0.6) is 0 Å². The van der Waals surface area contributed by atoms with E-state index in [1.165, 1.54) is 32.1 Å². The van der Waals surface area contributed by atoms with E-state index in [9.17, 15) is 4.79 Å². The molecule has 0 unspecified atom stereocenters. The Hall–Kier alpha value is 2.17. The quantitative estimate of drug-likeness (QED) is 0.565. The van der Waals surface area contributed by atoms with E-state index < -0.39 is 5.97 Å². The SMILES string of the molecule is CCCCCCCCCC(=O)O.[Nd].[Nd]. The third-order valence-electron chi connectivity index (χ3n) is 1.99. The van der Waals surface area contributed by atoms with Crippen LogP contribution in [0.4, 0.5) is 0 Å². The number of carboxylic acid groups (broad SMARTS) is 1. The zero-order valence-electron chi connectivity index (χ0n) is 9.01. The molecule has 0 aliphatic rings. The molecule has 0 amide bonds. The fourth-order valence-corrected chi connectivity index (χ4v) is 1.23. The van der Waals surface area contributed by atoms with E-state index >= 15 is 0 Å². The van der Waals surface area contributed by atoms with Crippen molar-refractivity contribution in [3.8, 4) is 0 Å². The van der Waals surface area contributed by atoms with Crippen LogP contribution >= 0.6 is 0 Å². The summed E-state index contributed by atoms with van der Waals surface area (Å²) in [6.07, 6.45) is 8.64. The summed E-state index contributed by atoms with van der Waals surface area (Å²) in [5, 5.41) is 8.35. The minimum Gasteiger partial charge on any atom is -0.481 e. The topological polar surface area (TPSA) is 37.3 Å². The molecule has 0 rings (SSSR count). The number of rotatable bonds is 8. The van der Waals surface area contributed by atoms with Gasteiger partial charge in [-0.25, -0.2) is 0 Å². The summed E-state index contributed by atoms with van der Waals surface area (Å²) in [7, 11) is 0. The molecule has 14 heavy (non-hydrogen) atoms. The number of aliphatic carboxylic acids is 1. The van der Waals surface area contributed by atoms with Gasteiger partial charge in [0.2, 0.25) is 0 Å². The van der Waals surface area contributed by atoms with Crippen LogP contribution in [0.3, 0.4) is 0 Å². The van der Waals surface area contributed by atoms with Gasteiger partial charge in [-0.15, -0.1) is 0 Å². The smallest absolute Gasteiger partial charge is 0.303 e. The summed E-state index contributed by atoms with van der Waals surface area (Å²) >= 11 is 0. The van der Waals surface area contributed by atoms with Crippen LogP contribution in [0.25, 0.3) is 0 Å². The van der Waals surface area contributed by atoms with Gasteiger partial charge in [0.1, 0.15) is 0 Å². The van der Waals surface area contributed by atoms with Gasteiger partial charge in [-0.05, 0) is 6.42 Å². The molecule has 0 spiro atoms.